The molecule has 0 spiro atoms. The fourth-order valence-corrected chi connectivity index (χ4v) is 3.86. The highest BCUT2D eigenvalue weighted by Gasteiger charge is 2.19. The van der Waals surface area contributed by atoms with Crippen molar-refractivity contribution < 1.29 is 9.72 Å². The predicted octanol–water partition coefficient (Wildman–Crippen LogP) is 4.23. The smallest absolute Gasteiger partial charge is 0.286 e. The van der Waals surface area contributed by atoms with E-state index in [4.69, 9.17) is 0 Å². The molecule has 1 amide bonds. The molecular formula is C19H19N3O3S. The number of unbranched alkanes of at least 4 members (excludes halogenated alkanes) is 1. The van der Waals surface area contributed by atoms with Crippen LogP contribution in [0, 0.1) is 10.1 Å². The minimum absolute atomic E-state index is 0.00130. The summed E-state index contributed by atoms with van der Waals surface area (Å²) in [4.78, 5) is 27.7. The molecule has 0 unspecified atom stereocenters. The number of nitro benzene ring substituents is 1. The number of carbonyl (C=O) groups is 1. The number of aryl methyl sites for hydroxylation is 2. The number of nitrogens with zero attached hydrogens (tertiary/aromatic N) is 3. The minimum atomic E-state index is -0.606. The van der Waals surface area contributed by atoms with E-state index in [0.29, 0.717) is 4.80 Å². The van der Waals surface area contributed by atoms with Gasteiger partial charge in [-0.05, 0) is 36.6 Å². The van der Waals surface area contributed by atoms with E-state index >= 15 is 0 Å². The molecule has 0 N–H and O–H groups in total. The van der Waals surface area contributed by atoms with Crippen LogP contribution in [0.3, 0.4) is 0 Å². The summed E-state index contributed by atoms with van der Waals surface area (Å²) in [5.74, 6) is -0.606. The second kappa shape index (κ2) is 7.61. The lowest BCUT2D eigenvalue weighted by molar-refractivity contribution is -0.385. The molecule has 0 aliphatic carbocycles. The highest BCUT2D eigenvalue weighted by molar-refractivity contribution is 7.16. The van der Waals surface area contributed by atoms with E-state index < -0.39 is 10.8 Å². The Bertz CT molecular complexity index is 1050. The number of carbonyl (C=O) groups excluding carboxylic acids is 1. The van der Waals surface area contributed by atoms with Crippen LogP contribution >= 0.6 is 11.3 Å². The molecule has 0 bridgehead atoms. The minimum Gasteiger partial charge on any atom is -0.319 e. The molecule has 1 heterocycles. The lowest BCUT2D eigenvalue weighted by Gasteiger charge is -2.00. The molecular weight excluding hydrogens is 350 g/mol. The number of benzene rings is 2. The topological polar surface area (TPSA) is 77.5 Å². The van der Waals surface area contributed by atoms with Crippen LogP contribution in [0.4, 0.5) is 5.69 Å². The molecule has 0 saturated carbocycles. The molecule has 0 atom stereocenters. The van der Waals surface area contributed by atoms with Crippen molar-refractivity contribution in [1.29, 1.82) is 0 Å². The summed E-state index contributed by atoms with van der Waals surface area (Å²) in [7, 11) is 1.84. The number of para-hydroxylation sites is 1. The zero-order valence-electron chi connectivity index (χ0n) is 14.6. The van der Waals surface area contributed by atoms with Gasteiger partial charge in [-0.25, -0.2) is 0 Å². The molecule has 0 fully saturated rings. The van der Waals surface area contributed by atoms with Crippen molar-refractivity contribution in [2.24, 2.45) is 12.0 Å². The van der Waals surface area contributed by atoms with Crippen LogP contribution in [0.1, 0.15) is 35.7 Å². The maximum atomic E-state index is 12.5. The lowest BCUT2D eigenvalue weighted by Crippen LogP contribution is -2.14. The molecule has 3 rings (SSSR count). The summed E-state index contributed by atoms with van der Waals surface area (Å²) < 4.78 is 2.89. The third-order valence-corrected chi connectivity index (χ3v) is 5.32. The number of amides is 1. The molecule has 0 saturated heterocycles. The van der Waals surface area contributed by atoms with Gasteiger partial charge in [-0.2, -0.15) is 4.99 Å². The van der Waals surface area contributed by atoms with E-state index in [1.807, 2.05) is 17.7 Å². The van der Waals surface area contributed by atoms with E-state index in [9.17, 15) is 14.9 Å². The Kier molecular flexibility index (Phi) is 5.27. The fourth-order valence-electron chi connectivity index (χ4n) is 2.78. The average molecular weight is 369 g/mol. The number of hydrogen-bond acceptors (Lipinski definition) is 4. The van der Waals surface area contributed by atoms with Crippen molar-refractivity contribution in [3.63, 3.8) is 0 Å². The van der Waals surface area contributed by atoms with Gasteiger partial charge in [-0.15, -0.1) is 0 Å². The Morgan fingerprint density at radius 2 is 2.04 bits per heavy atom. The van der Waals surface area contributed by atoms with Crippen molar-refractivity contribution in [3.05, 3.63) is 68.5 Å². The van der Waals surface area contributed by atoms with Crippen molar-refractivity contribution in [2.75, 3.05) is 0 Å². The first kappa shape index (κ1) is 18.0. The van der Waals surface area contributed by atoms with Gasteiger partial charge >= 0.3 is 0 Å². The largest absolute Gasteiger partial charge is 0.319 e. The van der Waals surface area contributed by atoms with Crippen LogP contribution in [0.15, 0.2) is 47.5 Å². The molecule has 1 aromatic heterocycles. The van der Waals surface area contributed by atoms with Crippen molar-refractivity contribution in [2.45, 2.75) is 26.2 Å². The summed E-state index contributed by atoms with van der Waals surface area (Å²) in [6.45, 7) is 2.16. The normalized spacial score (nSPS) is 11.8. The second-order valence-corrected chi connectivity index (χ2v) is 7.05. The summed E-state index contributed by atoms with van der Waals surface area (Å²) >= 11 is 1.41. The van der Waals surface area contributed by atoms with Crippen molar-refractivity contribution in [3.8, 4) is 0 Å². The highest BCUT2D eigenvalue weighted by Crippen LogP contribution is 2.21. The Morgan fingerprint density at radius 3 is 2.77 bits per heavy atom. The quantitative estimate of drug-likeness (QED) is 0.499. The van der Waals surface area contributed by atoms with Crippen LogP contribution in [0.5, 0.6) is 0 Å². The Balaban J connectivity index is 2.03. The van der Waals surface area contributed by atoms with Gasteiger partial charge in [0.05, 0.1) is 15.1 Å². The number of hydrogen-bond donors (Lipinski definition) is 0. The number of thiazole rings is 1. The molecule has 7 heteroatoms. The second-order valence-electron chi connectivity index (χ2n) is 6.04. The average Bonchev–Trinajstić information content (AvgIpc) is 2.95. The molecule has 3 aromatic rings. The molecule has 134 valence electrons. The Hall–Kier alpha value is -2.80. The van der Waals surface area contributed by atoms with Gasteiger partial charge in [0.2, 0.25) is 0 Å². The molecule has 0 aliphatic rings. The SMILES string of the molecule is CCCCc1ccc2c(c1)sc(=NC(=O)c1ccccc1[N+](=O)[O-])n2C. The van der Waals surface area contributed by atoms with Crippen LogP contribution in [0.25, 0.3) is 10.2 Å². The van der Waals surface area contributed by atoms with Crippen LogP contribution in [0.2, 0.25) is 0 Å². The van der Waals surface area contributed by atoms with E-state index in [2.05, 4.69) is 24.0 Å². The van der Waals surface area contributed by atoms with Crippen molar-refractivity contribution in [1.82, 2.24) is 4.57 Å². The summed E-state index contributed by atoms with van der Waals surface area (Å²) in [5, 5.41) is 11.1. The first-order chi connectivity index (χ1) is 12.5. The van der Waals surface area contributed by atoms with E-state index in [1.165, 1.54) is 35.1 Å². The molecule has 26 heavy (non-hydrogen) atoms. The van der Waals surface area contributed by atoms with Gasteiger partial charge in [0.25, 0.3) is 11.6 Å². The van der Waals surface area contributed by atoms with E-state index in [1.54, 1.807) is 6.07 Å². The van der Waals surface area contributed by atoms with E-state index in [0.717, 1.165) is 29.5 Å². The molecule has 0 radical (unpaired) electrons. The Morgan fingerprint density at radius 1 is 1.27 bits per heavy atom. The molecule has 6 nitrogen and oxygen atoms in total. The fraction of sp³-hybridized carbons (Fsp3) is 0.263. The van der Waals surface area contributed by atoms with E-state index in [-0.39, 0.29) is 11.3 Å². The first-order valence-corrected chi connectivity index (χ1v) is 9.24. The van der Waals surface area contributed by atoms with Crippen LogP contribution < -0.4 is 4.80 Å². The predicted molar refractivity (Wildman–Crippen MR) is 102 cm³/mol. The highest BCUT2D eigenvalue weighted by atomic mass is 32.1. The maximum Gasteiger partial charge on any atom is 0.286 e. The van der Waals surface area contributed by atoms with Gasteiger partial charge in [0.1, 0.15) is 5.56 Å². The van der Waals surface area contributed by atoms with Crippen LogP contribution in [-0.2, 0) is 13.5 Å². The summed E-state index contributed by atoms with van der Waals surface area (Å²) in [5.41, 5.74) is 2.02. The summed E-state index contributed by atoms with van der Waals surface area (Å²) in [6.07, 6.45) is 3.30. The van der Waals surface area contributed by atoms with Gasteiger partial charge in [0, 0.05) is 13.1 Å². The standard InChI is InChI=1S/C19H19N3O3S/c1-3-4-7-13-10-11-16-17(12-13)26-19(21(16)2)20-18(23)14-8-5-6-9-15(14)22(24)25/h5-6,8-12H,3-4,7H2,1-2H3. The Labute approximate surface area is 154 Å². The van der Waals surface area contributed by atoms with Gasteiger partial charge in [0.15, 0.2) is 4.80 Å². The number of nitro groups is 1. The molecule has 0 aliphatic heterocycles. The third-order valence-electron chi connectivity index (χ3n) is 4.22. The van der Waals surface area contributed by atoms with Gasteiger partial charge in [-0.3, -0.25) is 14.9 Å². The number of rotatable bonds is 5. The zero-order valence-corrected chi connectivity index (χ0v) is 15.5. The zero-order chi connectivity index (χ0) is 18.7. The van der Waals surface area contributed by atoms with Gasteiger partial charge in [-0.1, -0.05) is 42.9 Å². The first-order valence-electron chi connectivity index (χ1n) is 8.42. The third kappa shape index (κ3) is 3.57. The van der Waals surface area contributed by atoms with Crippen molar-refractivity contribution >= 4 is 33.1 Å². The lowest BCUT2D eigenvalue weighted by atomic mass is 10.1. The number of fused-ring (bicyclic) bond motifs is 1. The van der Waals surface area contributed by atoms with Gasteiger partial charge < -0.3 is 4.57 Å². The monoisotopic (exact) mass is 369 g/mol. The molecule has 2 aromatic carbocycles. The summed E-state index contributed by atoms with van der Waals surface area (Å²) in [6, 6.07) is 12.1. The number of aromatic nitrogens is 1. The maximum absolute atomic E-state index is 12.5. The van der Waals surface area contributed by atoms with Crippen LogP contribution in [-0.4, -0.2) is 15.4 Å².